The molecule has 0 radical (unpaired) electrons. The van der Waals surface area contributed by atoms with Crippen LogP contribution < -0.4 is 0 Å². The van der Waals surface area contributed by atoms with Gasteiger partial charge in [-0.3, -0.25) is 0 Å². The van der Waals surface area contributed by atoms with E-state index in [1.165, 1.54) is 0 Å². The second-order valence-corrected chi connectivity index (χ2v) is 6.12. The minimum atomic E-state index is 0.310. The van der Waals surface area contributed by atoms with Crippen LogP contribution in [0.2, 0.25) is 5.02 Å². The minimum absolute atomic E-state index is 0.310. The summed E-state index contributed by atoms with van der Waals surface area (Å²) in [5.41, 5.74) is 1.08. The van der Waals surface area contributed by atoms with E-state index in [1.54, 1.807) is 11.3 Å². The first-order chi connectivity index (χ1) is 9.15. The van der Waals surface area contributed by atoms with E-state index in [9.17, 15) is 0 Å². The number of halogens is 1. The lowest BCUT2D eigenvalue weighted by atomic mass is 10.2. The zero-order chi connectivity index (χ0) is 13.4. The van der Waals surface area contributed by atoms with E-state index in [1.807, 2.05) is 28.8 Å². The van der Waals surface area contributed by atoms with Crippen LogP contribution in [0.4, 0.5) is 0 Å². The van der Waals surface area contributed by atoms with Gasteiger partial charge in [-0.15, -0.1) is 10.2 Å². The highest BCUT2D eigenvalue weighted by Crippen LogP contribution is 2.23. The molecule has 0 N–H and O–H groups in total. The first kappa shape index (κ1) is 12.6. The Kier molecular flexibility index (Phi) is 3.24. The molecule has 2 heterocycles. The number of hydrogen-bond donors (Lipinski definition) is 0. The molecule has 3 aromatic rings. The molecule has 0 saturated heterocycles. The van der Waals surface area contributed by atoms with E-state index >= 15 is 0 Å². The third-order valence-electron chi connectivity index (χ3n) is 2.87. The molecule has 0 amide bonds. The third-order valence-corrected chi connectivity index (χ3v) is 4.14. The van der Waals surface area contributed by atoms with Crippen molar-refractivity contribution in [3.8, 4) is 0 Å². The van der Waals surface area contributed by atoms with E-state index in [-0.39, 0.29) is 0 Å². The molecular weight excluding hydrogens is 280 g/mol. The Bertz CT molecular complexity index is 716. The van der Waals surface area contributed by atoms with Crippen LogP contribution in [0, 0.1) is 0 Å². The van der Waals surface area contributed by atoms with Gasteiger partial charge in [-0.25, -0.2) is 0 Å². The standard InChI is InChI=1S/C13H13ClN4S/c1-8(2)12-15-16-13-18(12)17-11(19-13)7-9-5-3-4-6-10(9)14/h3-6,8H,7H2,1-2H3. The summed E-state index contributed by atoms with van der Waals surface area (Å²) in [7, 11) is 0. The summed E-state index contributed by atoms with van der Waals surface area (Å²) >= 11 is 7.73. The maximum atomic E-state index is 6.17. The van der Waals surface area contributed by atoms with E-state index in [4.69, 9.17) is 11.6 Å². The number of hydrogen-bond acceptors (Lipinski definition) is 4. The van der Waals surface area contributed by atoms with Gasteiger partial charge < -0.3 is 0 Å². The van der Waals surface area contributed by atoms with Gasteiger partial charge in [-0.05, 0) is 11.6 Å². The second-order valence-electron chi connectivity index (χ2n) is 4.67. The lowest BCUT2D eigenvalue weighted by Gasteiger charge is -2.00. The molecular formula is C13H13ClN4S. The number of fused-ring (bicyclic) bond motifs is 1. The van der Waals surface area contributed by atoms with Crippen molar-refractivity contribution < 1.29 is 0 Å². The molecule has 98 valence electrons. The fraction of sp³-hybridized carbons (Fsp3) is 0.308. The first-order valence-corrected chi connectivity index (χ1v) is 7.29. The lowest BCUT2D eigenvalue weighted by molar-refractivity contribution is 0.719. The Labute approximate surface area is 120 Å². The smallest absolute Gasteiger partial charge is 0.187 e. The normalized spacial score (nSPS) is 11.6. The molecule has 0 fully saturated rings. The zero-order valence-corrected chi connectivity index (χ0v) is 12.2. The molecule has 1 aromatic carbocycles. The highest BCUT2D eigenvalue weighted by molar-refractivity contribution is 7.16. The van der Waals surface area contributed by atoms with Gasteiger partial charge in [0, 0.05) is 17.4 Å². The molecule has 2 aromatic heterocycles. The van der Waals surface area contributed by atoms with Crippen LogP contribution in [0.5, 0.6) is 0 Å². The van der Waals surface area contributed by atoms with E-state index in [0.717, 1.165) is 32.8 Å². The summed E-state index contributed by atoms with van der Waals surface area (Å²) in [6, 6.07) is 7.84. The van der Waals surface area contributed by atoms with Crippen molar-refractivity contribution >= 4 is 27.9 Å². The van der Waals surface area contributed by atoms with Gasteiger partial charge >= 0.3 is 0 Å². The van der Waals surface area contributed by atoms with Gasteiger partial charge in [0.05, 0.1) is 0 Å². The van der Waals surface area contributed by atoms with Crippen molar-refractivity contribution in [3.63, 3.8) is 0 Å². The molecule has 19 heavy (non-hydrogen) atoms. The Morgan fingerprint density at radius 3 is 2.79 bits per heavy atom. The summed E-state index contributed by atoms with van der Waals surface area (Å²) in [4.78, 5) is 0.839. The zero-order valence-electron chi connectivity index (χ0n) is 10.7. The second kappa shape index (κ2) is 4.90. The summed E-state index contributed by atoms with van der Waals surface area (Å²) in [5.74, 6) is 1.21. The molecule has 0 atom stereocenters. The maximum absolute atomic E-state index is 6.17. The topological polar surface area (TPSA) is 43.1 Å². The average molecular weight is 293 g/mol. The summed E-state index contributed by atoms with van der Waals surface area (Å²) < 4.78 is 1.83. The summed E-state index contributed by atoms with van der Waals surface area (Å²) in [6.45, 7) is 4.17. The van der Waals surface area contributed by atoms with Crippen LogP contribution in [-0.4, -0.2) is 19.8 Å². The van der Waals surface area contributed by atoms with Gasteiger partial charge in [0.2, 0.25) is 4.96 Å². The number of aromatic nitrogens is 4. The SMILES string of the molecule is CC(C)c1nnc2sc(Cc3ccccc3Cl)nn12. The van der Waals surface area contributed by atoms with Crippen molar-refractivity contribution in [3.05, 3.63) is 45.7 Å². The molecule has 0 unspecified atom stereocenters. The fourth-order valence-corrected chi connectivity index (χ4v) is 2.97. The van der Waals surface area contributed by atoms with Crippen molar-refractivity contribution in [2.75, 3.05) is 0 Å². The quantitative estimate of drug-likeness (QED) is 0.741. The number of rotatable bonds is 3. The summed E-state index contributed by atoms with van der Waals surface area (Å²) in [6.07, 6.45) is 0.727. The van der Waals surface area contributed by atoms with Gasteiger partial charge in [-0.2, -0.15) is 9.61 Å². The Hall–Kier alpha value is -1.46. The van der Waals surface area contributed by atoms with Crippen LogP contribution in [0.1, 0.15) is 36.2 Å². The monoisotopic (exact) mass is 292 g/mol. The molecule has 4 nitrogen and oxygen atoms in total. The van der Waals surface area contributed by atoms with Crippen LogP contribution in [0.3, 0.4) is 0 Å². The van der Waals surface area contributed by atoms with Crippen molar-refractivity contribution in [1.82, 2.24) is 19.8 Å². The fourth-order valence-electron chi connectivity index (χ4n) is 1.91. The van der Waals surface area contributed by atoms with Gasteiger partial charge in [0.25, 0.3) is 0 Å². The van der Waals surface area contributed by atoms with E-state index in [0.29, 0.717) is 5.92 Å². The van der Waals surface area contributed by atoms with Crippen LogP contribution >= 0.6 is 22.9 Å². The molecule has 0 aliphatic heterocycles. The molecule has 0 spiro atoms. The largest absolute Gasteiger partial charge is 0.234 e. The lowest BCUT2D eigenvalue weighted by Crippen LogP contribution is -1.99. The number of benzene rings is 1. The molecule has 0 aliphatic rings. The molecule has 0 bridgehead atoms. The Morgan fingerprint density at radius 1 is 1.26 bits per heavy atom. The minimum Gasteiger partial charge on any atom is -0.187 e. The molecule has 3 rings (SSSR count). The molecule has 0 aliphatic carbocycles. The highest BCUT2D eigenvalue weighted by Gasteiger charge is 2.14. The number of nitrogens with zero attached hydrogens (tertiary/aromatic N) is 4. The van der Waals surface area contributed by atoms with Crippen molar-refractivity contribution in [1.29, 1.82) is 0 Å². The Morgan fingerprint density at radius 2 is 2.05 bits per heavy atom. The third kappa shape index (κ3) is 2.35. The van der Waals surface area contributed by atoms with Gasteiger partial charge in [-0.1, -0.05) is 55.0 Å². The van der Waals surface area contributed by atoms with E-state index < -0.39 is 0 Å². The van der Waals surface area contributed by atoms with Gasteiger partial charge in [0.1, 0.15) is 5.01 Å². The van der Waals surface area contributed by atoms with E-state index in [2.05, 4.69) is 29.1 Å². The Balaban J connectivity index is 1.96. The van der Waals surface area contributed by atoms with Crippen LogP contribution in [0.25, 0.3) is 4.96 Å². The predicted molar refractivity (Wildman–Crippen MR) is 77.0 cm³/mol. The predicted octanol–water partition coefficient (Wildman–Crippen LogP) is 3.55. The molecule has 0 saturated carbocycles. The first-order valence-electron chi connectivity index (χ1n) is 6.09. The van der Waals surface area contributed by atoms with Crippen molar-refractivity contribution in [2.45, 2.75) is 26.2 Å². The molecule has 6 heteroatoms. The van der Waals surface area contributed by atoms with Crippen molar-refractivity contribution in [2.24, 2.45) is 0 Å². The van der Waals surface area contributed by atoms with Crippen LogP contribution in [-0.2, 0) is 6.42 Å². The van der Waals surface area contributed by atoms with Gasteiger partial charge in [0.15, 0.2) is 5.82 Å². The summed E-state index contributed by atoms with van der Waals surface area (Å²) in [5, 5.41) is 14.7. The average Bonchev–Trinajstić information content (AvgIpc) is 2.91. The van der Waals surface area contributed by atoms with Crippen LogP contribution in [0.15, 0.2) is 24.3 Å². The maximum Gasteiger partial charge on any atom is 0.234 e. The highest BCUT2D eigenvalue weighted by atomic mass is 35.5.